The lowest BCUT2D eigenvalue weighted by molar-refractivity contribution is -0.136. The molecule has 33 heavy (non-hydrogen) atoms. The zero-order chi connectivity index (χ0) is 23.0. The van der Waals surface area contributed by atoms with Gasteiger partial charge in [-0.25, -0.2) is 0 Å². The van der Waals surface area contributed by atoms with Crippen LogP contribution in [0, 0.1) is 0 Å². The van der Waals surface area contributed by atoms with E-state index in [2.05, 4.69) is 4.98 Å². The first-order valence-electron chi connectivity index (χ1n) is 11.1. The number of aliphatic carboxylic acids is 1. The first-order valence-corrected chi connectivity index (χ1v) is 11.1. The van der Waals surface area contributed by atoms with Gasteiger partial charge in [0.05, 0.1) is 18.2 Å². The van der Waals surface area contributed by atoms with Gasteiger partial charge >= 0.3 is 5.97 Å². The summed E-state index contributed by atoms with van der Waals surface area (Å²) in [5, 5.41) is 9.17. The number of pyridine rings is 1. The molecule has 2 aromatic carbocycles. The van der Waals surface area contributed by atoms with Crippen LogP contribution in [0.2, 0.25) is 0 Å². The van der Waals surface area contributed by atoms with E-state index in [4.69, 9.17) is 25.1 Å². The van der Waals surface area contributed by atoms with Crippen molar-refractivity contribution in [1.82, 2.24) is 4.98 Å². The van der Waals surface area contributed by atoms with Crippen LogP contribution in [0.3, 0.4) is 0 Å². The van der Waals surface area contributed by atoms with Crippen molar-refractivity contribution >= 4 is 5.97 Å². The van der Waals surface area contributed by atoms with Gasteiger partial charge in [-0.05, 0) is 60.4 Å². The summed E-state index contributed by atoms with van der Waals surface area (Å²) in [4.78, 5) is 15.7. The molecule has 7 heteroatoms. The van der Waals surface area contributed by atoms with Gasteiger partial charge in [0, 0.05) is 30.5 Å². The van der Waals surface area contributed by atoms with Crippen LogP contribution in [0.4, 0.5) is 0 Å². The normalized spacial score (nSPS) is 15.4. The number of rotatable bonds is 10. The number of benzene rings is 2. The maximum Gasteiger partial charge on any atom is 0.307 e. The molecule has 1 fully saturated rings. The van der Waals surface area contributed by atoms with E-state index in [1.165, 1.54) is 0 Å². The second kappa shape index (κ2) is 10.9. The minimum Gasteiger partial charge on any atom is -0.491 e. The predicted octanol–water partition coefficient (Wildman–Crippen LogP) is 3.97. The van der Waals surface area contributed by atoms with Crippen molar-refractivity contribution in [2.75, 3.05) is 13.2 Å². The van der Waals surface area contributed by atoms with Crippen molar-refractivity contribution in [3.05, 3.63) is 77.5 Å². The molecule has 172 valence electrons. The Labute approximate surface area is 193 Å². The van der Waals surface area contributed by atoms with Crippen molar-refractivity contribution in [2.24, 2.45) is 5.73 Å². The minimum absolute atomic E-state index is 0.0955. The second-order valence-electron chi connectivity index (χ2n) is 8.03. The third-order valence-electron chi connectivity index (χ3n) is 5.49. The summed E-state index contributed by atoms with van der Waals surface area (Å²) in [6.45, 7) is 1.96. The molecule has 3 aromatic rings. The summed E-state index contributed by atoms with van der Waals surface area (Å²) < 4.78 is 17.8. The number of para-hydroxylation sites is 1. The minimum atomic E-state index is -0.899. The van der Waals surface area contributed by atoms with Crippen molar-refractivity contribution in [3.8, 4) is 22.8 Å². The molecule has 1 aromatic heterocycles. The Morgan fingerprint density at radius 2 is 2.00 bits per heavy atom. The van der Waals surface area contributed by atoms with Crippen molar-refractivity contribution in [1.29, 1.82) is 0 Å². The van der Waals surface area contributed by atoms with Gasteiger partial charge in [0.15, 0.2) is 0 Å². The number of carbonyl (C=O) groups is 1. The molecule has 0 bridgehead atoms. The molecule has 1 atom stereocenters. The van der Waals surface area contributed by atoms with Gasteiger partial charge in [-0.1, -0.05) is 18.2 Å². The maximum absolute atomic E-state index is 11.2. The topological polar surface area (TPSA) is 104 Å². The molecule has 4 rings (SSSR count). The van der Waals surface area contributed by atoms with Crippen LogP contribution in [-0.2, 0) is 29.1 Å². The zero-order valence-corrected chi connectivity index (χ0v) is 18.4. The number of aromatic nitrogens is 1. The van der Waals surface area contributed by atoms with E-state index in [1.54, 1.807) is 24.4 Å². The molecule has 0 radical (unpaired) electrons. The fraction of sp³-hybridized carbons (Fsp3) is 0.308. The van der Waals surface area contributed by atoms with Gasteiger partial charge < -0.3 is 25.1 Å². The van der Waals surface area contributed by atoms with E-state index in [0.717, 1.165) is 41.8 Å². The van der Waals surface area contributed by atoms with Crippen molar-refractivity contribution in [3.63, 3.8) is 0 Å². The highest BCUT2D eigenvalue weighted by molar-refractivity contribution is 5.71. The average Bonchev–Trinajstić information content (AvgIpc) is 3.36. The number of carboxylic acid groups (broad SMARTS) is 1. The Kier molecular flexibility index (Phi) is 7.55. The molecule has 0 spiro atoms. The van der Waals surface area contributed by atoms with Gasteiger partial charge in [-0.2, -0.15) is 0 Å². The SMILES string of the molecule is NCc1ccnc(-c2cc(COc3ccccc3CC(=O)O)cc(OCC3CCCO3)c2)c1. The number of hydrogen-bond donors (Lipinski definition) is 2. The predicted molar refractivity (Wildman–Crippen MR) is 124 cm³/mol. The monoisotopic (exact) mass is 448 g/mol. The third kappa shape index (κ3) is 6.31. The molecule has 2 heterocycles. The third-order valence-corrected chi connectivity index (χ3v) is 5.49. The summed E-state index contributed by atoms with van der Waals surface area (Å²) in [7, 11) is 0. The van der Waals surface area contributed by atoms with Gasteiger partial charge in [-0.3, -0.25) is 9.78 Å². The van der Waals surface area contributed by atoms with Crippen LogP contribution in [0.1, 0.15) is 29.5 Å². The molecular formula is C26H28N2O5. The Bertz CT molecular complexity index is 1100. The molecular weight excluding hydrogens is 420 g/mol. The van der Waals surface area contributed by atoms with E-state index >= 15 is 0 Å². The number of carboxylic acids is 1. The van der Waals surface area contributed by atoms with E-state index in [9.17, 15) is 4.79 Å². The summed E-state index contributed by atoms with van der Waals surface area (Å²) in [6.07, 6.45) is 3.81. The van der Waals surface area contributed by atoms with Crippen molar-refractivity contribution < 1.29 is 24.1 Å². The summed E-state index contributed by atoms with van der Waals surface area (Å²) in [5.41, 5.74) is 10.0. The smallest absolute Gasteiger partial charge is 0.307 e. The Balaban J connectivity index is 1.58. The van der Waals surface area contributed by atoms with Crippen LogP contribution in [0.15, 0.2) is 60.8 Å². The first-order chi connectivity index (χ1) is 16.1. The van der Waals surface area contributed by atoms with Crippen LogP contribution in [-0.4, -0.2) is 35.4 Å². The van der Waals surface area contributed by atoms with E-state index in [1.807, 2.05) is 36.4 Å². The lowest BCUT2D eigenvalue weighted by Gasteiger charge is -2.15. The van der Waals surface area contributed by atoms with Crippen LogP contribution in [0.25, 0.3) is 11.3 Å². The fourth-order valence-corrected chi connectivity index (χ4v) is 3.81. The molecule has 0 aliphatic carbocycles. The first kappa shape index (κ1) is 22.8. The molecule has 3 N–H and O–H groups in total. The summed E-state index contributed by atoms with van der Waals surface area (Å²) in [5.74, 6) is 0.361. The Morgan fingerprint density at radius 1 is 1.12 bits per heavy atom. The van der Waals surface area contributed by atoms with Crippen LogP contribution in [0.5, 0.6) is 11.5 Å². The summed E-state index contributed by atoms with van der Waals surface area (Å²) in [6, 6.07) is 16.9. The second-order valence-corrected chi connectivity index (χ2v) is 8.03. The van der Waals surface area contributed by atoms with E-state index in [-0.39, 0.29) is 19.1 Å². The fourth-order valence-electron chi connectivity index (χ4n) is 3.81. The highest BCUT2D eigenvalue weighted by Gasteiger charge is 2.17. The van der Waals surface area contributed by atoms with Crippen LogP contribution < -0.4 is 15.2 Å². The van der Waals surface area contributed by atoms with E-state index in [0.29, 0.717) is 30.2 Å². The van der Waals surface area contributed by atoms with Crippen LogP contribution >= 0.6 is 0 Å². The number of ether oxygens (including phenoxy) is 3. The Hall–Kier alpha value is -3.42. The molecule has 1 aliphatic heterocycles. The van der Waals surface area contributed by atoms with Crippen molar-refractivity contribution in [2.45, 2.75) is 38.5 Å². The zero-order valence-electron chi connectivity index (χ0n) is 18.4. The number of nitrogens with two attached hydrogens (primary N) is 1. The molecule has 0 amide bonds. The number of hydrogen-bond acceptors (Lipinski definition) is 6. The molecule has 0 saturated carbocycles. The lowest BCUT2D eigenvalue weighted by atomic mass is 10.1. The quantitative estimate of drug-likeness (QED) is 0.484. The van der Waals surface area contributed by atoms with E-state index < -0.39 is 5.97 Å². The van der Waals surface area contributed by atoms with Gasteiger partial charge in [0.2, 0.25) is 0 Å². The van der Waals surface area contributed by atoms with Gasteiger partial charge in [-0.15, -0.1) is 0 Å². The largest absolute Gasteiger partial charge is 0.491 e. The standard InChI is InChI=1S/C26H28N2O5/c27-15-18-7-8-28-24(12-18)21-10-19(11-23(13-21)32-17-22-5-3-9-31-22)16-33-25-6-2-1-4-20(25)14-26(29)30/h1-2,4,6-8,10-13,22H,3,5,9,14-17,27H2,(H,29,30). The molecule has 1 aliphatic rings. The maximum atomic E-state index is 11.2. The van der Waals surface area contributed by atoms with Gasteiger partial charge in [0.25, 0.3) is 0 Å². The number of nitrogens with zero attached hydrogens (tertiary/aromatic N) is 1. The van der Waals surface area contributed by atoms with Gasteiger partial charge in [0.1, 0.15) is 24.7 Å². The molecule has 1 saturated heterocycles. The summed E-state index contributed by atoms with van der Waals surface area (Å²) >= 11 is 0. The lowest BCUT2D eigenvalue weighted by Crippen LogP contribution is -2.16. The Morgan fingerprint density at radius 3 is 2.79 bits per heavy atom. The average molecular weight is 449 g/mol. The molecule has 7 nitrogen and oxygen atoms in total. The molecule has 1 unspecified atom stereocenters. The highest BCUT2D eigenvalue weighted by atomic mass is 16.5. The highest BCUT2D eigenvalue weighted by Crippen LogP contribution is 2.28.